The third kappa shape index (κ3) is 3.67. The van der Waals surface area contributed by atoms with Crippen molar-refractivity contribution < 1.29 is 19.1 Å². The molecule has 0 aromatic heterocycles. The van der Waals surface area contributed by atoms with E-state index in [0.29, 0.717) is 6.54 Å². The molecule has 1 aromatic rings. The van der Waals surface area contributed by atoms with Gasteiger partial charge in [0.2, 0.25) is 5.91 Å². The minimum absolute atomic E-state index is 0.0693. The zero-order valence-corrected chi connectivity index (χ0v) is 11.1. The van der Waals surface area contributed by atoms with Crippen molar-refractivity contribution >= 4 is 11.8 Å². The number of phenolic OH excluding ortho intramolecular Hbond substituents is 1. The van der Waals surface area contributed by atoms with Crippen LogP contribution in [0.5, 0.6) is 5.75 Å². The first-order valence-electron chi connectivity index (χ1n) is 5.91. The molecule has 0 heterocycles. The minimum atomic E-state index is -0.720. The van der Waals surface area contributed by atoms with Gasteiger partial charge in [0.1, 0.15) is 17.6 Å². The zero-order chi connectivity index (χ0) is 14.6. The first-order valence-corrected chi connectivity index (χ1v) is 5.91. The lowest BCUT2D eigenvalue weighted by Gasteiger charge is -2.20. The van der Waals surface area contributed by atoms with Gasteiger partial charge in [-0.1, -0.05) is 0 Å². The molecule has 0 saturated heterocycles. The van der Waals surface area contributed by atoms with Crippen LogP contribution in [0.15, 0.2) is 18.2 Å². The summed E-state index contributed by atoms with van der Waals surface area (Å²) >= 11 is 0. The Morgan fingerprint density at radius 1 is 1.47 bits per heavy atom. The average molecular weight is 268 g/mol. The molecule has 0 fully saturated rings. The van der Waals surface area contributed by atoms with E-state index in [4.69, 9.17) is 0 Å². The number of carbonyl (C=O) groups excluding carboxylic acids is 2. The van der Waals surface area contributed by atoms with E-state index in [9.17, 15) is 19.1 Å². The Morgan fingerprint density at radius 2 is 2.11 bits per heavy atom. The largest absolute Gasteiger partial charge is 0.507 e. The number of phenols is 1. The molecule has 2 amide bonds. The zero-order valence-electron chi connectivity index (χ0n) is 11.1. The maximum Gasteiger partial charge on any atom is 0.255 e. The molecule has 0 radical (unpaired) electrons. The maximum absolute atomic E-state index is 12.8. The average Bonchev–Trinajstić information content (AvgIpc) is 2.36. The standard InChI is InChI=1S/C13H17FN2O3/c1-4-16(3)13(19)8(2)15-12(18)10-6-5-9(14)7-11(10)17/h5-8,17H,4H2,1-3H3,(H,15,18)/t8-/m1/s1. The van der Waals surface area contributed by atoms with Gasteiger partial charge in [0.05, 0.1) is 5.56 Å². The molecule has 1 aromatic carbocycles. The fourth-order valence-corrected chi connectivity index (χ4v) is 1.52. The van der Waals surface area contributed by atoms with Gasteiger partial charge >= 0.3 is 0 Å². The minimum Gasteiger partial charge on any atom is -0.507 e. The van der Waals surface area contributed by atoms with Crippen LogP contribution < -0.4 is 5.32 Å². The van der Waals surface area contributed by atoms with Crippen molar-refractivity contribution in [1.82, 2.24) is 10.2 Å². The van der Waals surface area contributed by atoms with Crippen LogP contribution in [0.4, 0.5) is 4.39 Å². The summed E-state index contributed by atoms with van der Waals surface area (Å²) in [6.07, 6.45) is 0. The molecule has 6 heteroatoms. The third-order valence-corrected chi connectivity index (χ3v) is 2.77. The summed E-state index contributed by atoms with van der Waals surface area (Å²) in [7, 11) is 1.63. The number of amides is 2. The molecule has 0 saturated carbocycles. The van der Waals surface area contributed by atoms with Crippen LogP contribution in [0.1, 0.15) is 24.2 Å². The van der Waals surface area contributed by atoms with Crippen LogP contribution in [0.25, 0.3) is 0 Å². The molecule has 19 heavy (non-hydrogen) atoms. The van der Waals surface area contributed by atoms with Crippen molar-refractivity contribution in [2.24, 2.45) is 0 Å². The SMILES string of the molecule is CCN(C)C(=O)[C@@H](C)NC(=O)c1ccc(F)cc1O. The van der Waals surface area contributed by atoms with Gasteiger partial charge in [-0.05, 0) is 26.0 Å². The van der Waals surface area contributed by atoms with Crippen molar-refractivity contribution in [2.45, 2.75) is 19.9 Å². The second kappa shape index (κ2) is 6.17. The molecule has 0 unspecified atom stereocenters. The molecule has 0 spiro atoms. The van der Waals surface area contributed by atoms with Gasteiger partial charge in [-0.2, -0.15) is 0 Å². The molecule has 0 bridgehead atoms. The quantitative estimate of drug-likeness (QED) is 0.860. The molecule has 0 aliphatic heterocycles. The number of carbonyl (C=O) groups is 2. The summed E-state index contributed by atoms with van der Waals surface area (Å²) in [5.41, 5.74) is -0.0693. The Bertz CT molecular complexity index is 491. The number of nitrogens with one attached hydrogen (secondary N) is 1. The summed E-state index contributed by atoms with van der Waals surface area (Å²) in [6, 6.07) is 2.36. The van der Waals surface area contributed by atoms with E-state index in [2.05, 4.69) is 5.32 Å². The van der Waals surface area contributed by atoms with Crippen LogP contribution in [0.2, 0.25) is 0 Å². The van der Waals surface area contributed by atoms with E-state index in [1.807, 2.05) is 6.92 Å². The first kappa shape index (κ1) is 14.9. The smallest absolute Gasteiger partial charge is 0.255 e. The van der Waals surface area contributed by atoms with Crippen molar-refractivity contribution in [2.75, 3.05) is 13.6 Å². The highest BCUT2D eigenvalue weighted by Crippen LogP contribution is 2.17. The van der Waals surface area contributed by atoms with Crippen molar-refractivity contribution in [3.05, 3.63) is 29.6 Å². The second-order valence-corrected chi connectivity index (χ2v) is 4.21. The highest BCUT2D eigenvalue weighted by atomic mass is 19.1. The molecular weight excluding hydrogens is 251 g/mol. The van der Waals surface area contributed by atoms with Gasteiger partial charge in [0, 0.05) is 19.7 Å². The molecule has 104 valence electrons. The predicted octanol–water partition coefficient (Wildman–Crippen LogP) is 1.13. The Morgan fingerprint density at radius 3 is 2.63 bits per heavy atom. The van der Waals surface area contributed by atoms with E-state index >= 15 is 0 Å². The molecule has 0 aliphatic rings. The number of hydrogen-bond donors (Lipinski definition) is 2. The summed E-state index contributed by atoms with van der Waals surface area (Å²) in [5.74, 6) is -1.95. The molecule has 0 aliphatic carbocycles. The second-order valence-electron chi connectivity index (χ2n) is 4.21. The Balaban J connectivity index is 2.77. The molecule has 1 rings (SSSR count). The lowest BCUT2D eigenvalue weighted by molar-refractivity contribution is -0.131. The highest BCUT2D eigenvalue weighted by molar-refractivity contribution is 5.99. The van der Waals surface area contributed by atoms with Crippen LogP contribution in [0, 0.1) is 5.82 Å². The number of nitrogens with zero attached hydrogens (tertiary/aromatic N) is 1. The van der Waals surface area contributed by atoms with E-state index in [1.165, 1.54) is 11.0 Å². The maximum atomic E-state index is 12.8. The molecular formula is C13H17FN2O3. The molecule has 5 nitrogen and oxygen atoms in total. The van der Waals surface area contributed by atoms with Crippen molar-refractivity contribution in [3.63, 3.8) is 0 Å². The van der Waals surface area contributed by atoms with E-state index in [1.54, 1.807) is 14.0 Å². The summed E-state index contributed by atoms with van der Waals surface area (Å²) in [5, 5.41) is 11.9. The van der Waals surface area contributed by atoms with E-state index < -0.39 is 23.5 Å². The van der Waals surface area contributed by atoms with Crippen molar-refractivity contribution in [3.8, 4) is 5.75 Å². The summed E-state index contributed by atoms with van der Waals surface area (Å²) in [4.78, 5) is 25.1. The van der Waals surface area contributed by atoms with Gasteiger partial charge < -0.3 is 15.3 Å². The molecule has 1 atom stereocenters. The number of likely N-dealkylation sites (N-methyl/N-ethyl adjacent to an activating group) is 1. The van der Waals surface area contributed by atoms with Gasteiger partial charge in [0.25, 0.3) is 5.91 Å². The first-order chi connectivity index (χ1) is 8.86. The Kier molecular flexibility index (Phi) is 4.86. The third-order valence-electron chi connectivity index (χ3n) is 2.77. The monoisotopic (exact) mass is 268 g/mol. The molecule has 2 N–H and O–H groups in total. The van der Waals surface area contributed by atoms with E-state index in [-0.39, 0.29) is 11.5 Å². The van der Waals surface area contributed by atoms with Gasteiger partial charge in [-0.25, -0.2) is 4.39 Å². The van der Waals surface area contributed by atoms with Crippen LogP contribution in [-0.4, -0.2) is 41.5 Å². The number of aromatic hydroxyl groups is 1. The fourth-order valence-electron chi connectivity index (χ4n) is 1.52. The lowest BCUT2D eigenvalue weighted by Crippen LogP contribution is -2.45. The Hall–Kier alpha value is -2.11. The van der Waals surface area contributed by atoms with Crippen LogP contribution in [0.3, 0.4) is 0 Å². The summed E-state index contributed by atoms with van der Waals surface area (Å²) < 4.78 is 12.8. The summed E-state index contributed by atoms with van der Waals surface area (Å²) in [6.45, 7) is 3.89. The normalized spacial score (nSPS) is 11.8. The van der Waals surface area contributed by atoms with Gasteiger partial charge in [-0.15, -0.1) is 0 Å². The van der Waals surface area contributed by atoms with Crippen LogP contribution >= 0.6 is 0 Å². The Labute approximate surface area is 111 Å². The van der Waals surface area contributed by atoms with E-state index in [0.717, 1.165) is 12.1 Å². The highest BCUT2D eigenvalue weighted by Gasteiger charge is 2.20. The number of rotatable bonds is 4. The predicted molar refractivity (Wildman–Crippen MR) is 68.3 cm³/mol. The number of halogens is 1. The number of benzene rings is 1. The van der Waals surface area contributed by atoms with Crippen LogP contribution in [-0.2, 0) is 4.79 Å². The lowest BCUT2D eigenvalue weighted by atomic mass is 10.1. The topological polar surface area (TPSA) is 69.6 Å². The van der Waals surface area contributed by atoms with Gasteiger partial charge in [-0.3, -0.25) is 9.59 Å². The van der Waals surface area contributed by atoms with Gasteiger partial charge in [0.15, 0.2) is 0 Å². The number of hydrogen-bond acceptors (Lipinski definition) is 3. The fraction of sp³-hybridized carbons (Fsp3) is 0.385. The van der Waals surface area contributed by atoms with Crippen molar-refractivity contribution in [1.29, 1.82) is 0 Å².